The first kappa shape index (κ1) is 11.4. The molecule has 0 aliphatic rings. The summed E-state index contributed by atoms with van der Waals surface area (Å²) in [7, 11) is 1.90. The van der Waals surface area contributed by atoms with Crippen molar-refractivity contribution < 1.29 is 0 Å². The fraction of sp³-hybridized carbons (Fsp3) is 0.364. The van der Waals surface area contributed by atoms with Crippen LogP contribution in [0.25, 0.3) is 0 Å². The van der Waals surface area contributed by atoms with Crippen LogP contribution < -0.4 is 10.6 Å². The monoisotopic (exact) mass is 232 g/mol. The number of aryl methyl sites for hydroxylation is 1. The summed E-state index contributed by atoms with van der Waals surface area (Å²) >= 11 is 0. The largest absolute Gasteiger partial charge is 0.366 e. The van der Waals surface area contributed by atoms with Crippen molar-refractivity contribution in [3.63, 3.8) is 0 Å². The van der Waals surface area contributed by atoms with Gasteiger partial charge in [0, 0.05) is 38.1 Å². The van der Waals surface area contributed by atoms with Crippen molar-refractivity contribution in [3.8, 4) is 0 Å². The van der Waals surface area contributed by atoms with Gasteiger partial charge in [-0.05, 0) is 13.0 Å². The van der Waals surface area contributed by atoms with Gasteiger partial charge in [0.2, 0.25) is 5.95 Å². The summed E-state index contributed by atoms with van der Waals surface area (Å²) in [5, 5.41) is 10.4. The molecule has 0 aromatic carbocycles. The summed E-state index contributed by atoms with van der Waals surface area (Å²) in [6.45, 7) is 3.53. The Labute approximate surface area is 100 Å². The summed E-state index contributed by atoms with van der Waals surface area (Å²) in [6, 6.07) is 1.84. The molecule has 0 saturated carbocycles. The third kappa shape index (κ3) is 3.17. The normalized spacial score (nSPS) is 10.2. The highest BCUT2D eigenvalue weighted by Gasteiger charge is 1.99. The smallest absolute Gasteiger partial charge is 0.224 e. The first-order chi connectivity index (χ1) is 8.28. The van der Waals surface area contributed by atoms with Gasteiger partial charge >= 0.3 is 0 Å². The number of hydrogen-bond acceptors (Lipinski definition) is 5. The van der Waals surface area contributed by atoms with E-state index in [0.717, 1.165) is 17.9 Å². The minimum Gasteiger partial charge on any atom is -0.366 e. The van der Waals surface area contributed by atoms with Crippen LogP contribution in [0.4, 0.5) is 11.8 Å². The molecule has 0 aliphatic heterocycles. The van der Waals surface area contributed by atoms with Crippen LogP contribution in [0, 0.1) is 0 Å². The third-order valence-corrected chi connectivity index (χ3v) is 2.22. The number of anilines is 2. The standard InChI is InChI=1S/C11H16N6/c1-3-12-11-13-5-4-10(16-11)14-6-9-7-15-17(2)8-9/h4-5,7-8H,3,6H2,1-2H3,(H2,12,13,14,16). The second-order valence-electron chi connectivity index (χ2n) is 3.67. The third-order valence-electron chi connectivity index (χ3n) is 2.22. The average molecular weight is 232 g/mol. The fourth-order valence-electron chi connectivity index (χ4n) is 1.46. The van der Waals surface area contributed by atoms with Crippen LogP contribution in [0.1, 0.15) is 12.5 Å². The van der Waals surface area contributed by atoms with Gasteiger partial charge in [-0.15, -0.1) is 0 Å². The molecule has 0 aliphatic carbocycles. The van der Waals surface area contributed by atoms with Crippen molar-refractivity contribution in [1.29, 1.82) is 0 Å². The lowest BCUT2D eigenvalue weighted by atomic mass is 10.3. The van der Waals surface area contributed by atoms with Gasteiger partial charge in [0.15, 0.2) is 0 Å². The number of aromatic nitrogens is 4. The lowest BCUT2D eigenvalue weighted by Crippen LogP contribution is -2.05. The van der Waals surface area contributed by atoms with Crippen LogP contribution in [0.2, 0.25) is 0 Å². The number of nitrogens with one attached hydrogen (secondary N) is 2. The Hall–Kier alpha value is -2.11. The lowest BCUT2D eigenvalue weighted by molar-refractivity contribution is 0.767. The SMILES string of the molecule is CCNc1nccc(NCc2cnn(C)c2)n1. The van der Waals surface area contributed by atoms with E-state index in [1.165, 1.54) is 0 Å². The van der Waals surface area contributed by atoms with Gasteiger partial charge in [-0.2, -0.15) is 10.1 Å². The Bertz CT molecular complexity index is 478. The molecule has 0 saturated heterocycles. The van der Waals surface area contributed by atoms with Crippen LogP contribution in [-0.2, 0) is 13.6 Å². The number of nitrogens with zero attached hydrogens (tertiary/aromatic N) is 4. The Balaban J connectivity index is 1.96. The highest BCUT2D eigenvalue weighted by atomic mass is 15.2. The molecule has 2 aromatic heterocycles. The van der Waals surface area contributed by atoms with E-state index in [9.17, 15) is 0 Å². The van der Waals surface area contributed by atoms with E-state index in [1.54, 1.807) is 10.9 Å². The van der Waals surface area contributed by atoms with Crippen molar-refractivity contribution in [3.05, 3.63) is 30.2 Å². The predicted molar refractivity (Wildman–Crippen MR) is 66.7 cm³/mol. The molecule has 2 N–H and O–H groups in total. The molecule has 2 heterocycles. The molecule has 2 aromatic rings. The zero-order valence-electron chi connectivity index (χ0n) is 10.0. The van der Waals surface area contributed by atoms with E-state index < -0.39 is 0 Å². The summed E-state index contributed by atoms with van der Waals surface area (Å²) in [4.78, 5) is 8.43. The zero-order chi connectivity index (χ0) is 12.1. The summed E-state index contributed by atoms with van der Waals surface area (Å²) < 4.78 is 1.78. The highest BCUT2D eigenvalue weighted by Crippen LogP contribution is 2.07. The Kier molecular flexibility index (Phi) is 3.54. The minimum atomic E-state index is 0.642. The molecule has 17 heavy (non-hydrogen) atoms. The average Bonchev–Trinajstić information content (AvgIpc) is 2.74. The molecule has 0 amide bonds. The molecule has 6 heteroatoms. The van der Waals surface area contributed by atoms with E-state index in [4.69, 9.17) is 0 Å². The maximum absolute atomic E-state index is 4.32. The van der Waals surface area contributed by atoms with Crippen LogP contribution in [-0.4, -0.2) is 26.3 Å². The van der Waals surface area contributed by atoms with Crippen LogP contribution >= 0.6 is 0 Å². The first-order valence-electron chi connectivity index (χ1n) is 5.56. The molecule has 0 fully saturated rings. The summed E-state index contributed by atoms with van der Waals surface area (Å²) in [6.07, 6.45) is 5.54. The highest BCUT2D eigenvalue weighted by molar-refractivity contribution is 5.39. The van der Waals surface area contributed by atoms with Crippen molar-refractivity contribution in [2.75, 3.05) is 17.2 Å². The van der Waals surface area contributed by atoms with Gasteiger partial charge in [-0.1, -0.05) is 0 Å². The van der Waals surface area contributed by atoms with E-state index >= 15 is 0 Å². The molecule has 0 atom stereocenters. The van der Waals surface area contributed by atoms with E-state index in [-0.39, 0.29) is 0 Å². The molecular formula is C11H16N6. The van der Waals surface area contributed by atoms with Crippen molar-refractivity contribution in [2.24, 2.45) is 7.05 Å². The Morgan fingerprint density at radius 2 is 2.24 bits per heavy atom. The number of rotatable bonds is 5. The van der Waals surface area contributed by atoms with E-state index in [2.05, 4.69) is 25.7 Å². The van der Waals surface area contributed by atoms with Crippen molar-refractivity contribution in [1.82, 2.24) is 19.7 Å². The number of hydrogen-bond donors (Lipinski definition) is 2. The van der Waals surface area contributed by atoms with Gasteiger partial charge in [0.25, 0.3) is 0 Å². The summed E-state index contributed by atoms with van der Waals surface area (Å²) in [5.41, 5.74) is 1.12. The van der Waals surface area contributed by atoms with Crippen molar-refractivity contribution in [2.45, 2.75) is 13.5 Å². The molecular weight excluding hydrogens is 216 g/mol. The van der Waals surface area contributed by atoms with Gasteiger partial charge in [-0.25, -0.2) is 4.98 Å². The maximum Gasteiger partial charge on any atom is 0.224 e. The second-order valence-corrected chi connectivity index (χ2v) is 3.67. The van der Waals surface area contributed by atoms with Crippen LogP contribution in [0.3, 0.4) is 0 Å². The van der Waals surface area contributed by atoms with Gasteiger partial charge in [-0.3, -0.25) is 4.68 Å². The first-order valence-corrected chi connectivity index (χ1v) is 5.56. The summed E-state index contributed by atoms with van der Waals surface area (Å²) in [5.74, 6) is 1.45. The van der Waals surface area contributed by atoms with Gasteiger partial charge in [0.1, 0.15) is 5.82 Å². The molecule has 2 rings (SSSR count). The Morgan fingerprint density at radius 3 is 2.94 bits per heavy atom. The topological polar surface area (TPSA) is 67.7 Å². The molecule has 0 radical (unpaired) electrons. The van der Waals surface area contributed by atoms with E-state index in [1.807, 2.05) is 32.4 Å². The molecule has 90 valence electrons. The van der Waals surface area contributed by atoms with Gasteiger partial charge < -0.3 is 10.6 Å². The van der Waals surface area contributed by atoms with E-state index in [0.29, 0.717) is 12.5 Å². The Morgan fingerprint density at radius 1 is 1.35 bits per heavy atom. The fourth-order valence-corrected chi connectivity index (χ4v) is 1.46. The molecule has 0 bridgehead atoms. The zero-order valence-corrected chi connectivity index (χ0v) is 10.0. The lowest BCUT2D eigenvalue weighted by Gasteiger charge is -2.05. The molecule has 6 nitrogen and oxygen atoms in total. The quantitative estimate of drug-likeness (QED) is 0.812. The second kappa shape index (κ2) is 5.29. The predicted octanol–water partition coefficient (Wildman–Crippen LogP) is 1.25. The minimum absolute atomic E-state index is 0.642. The van der Waals surface area contributed by atoms with Crippen LogP contribution in [0.15, 0.2) is 24.7 Å². The molecule has 0 spiro atoms. The maximum atomic E-state index is 4.32. The molecule has 0 unspecified atom stereocenters. The van der Waals surface area contributed by atoms with Crippen LogP contribution in [0.5, 0.6) is 0 Å². The van der Waals surface area contributed by atoms with Crippen molar-refractivity contribution >= 4 is 11.8 Å². The van der Waals surface area contributed by atoms with Gasteiger partial charge in [0.05, 0.1) is 6.20 Å².